The zero-order valence-corrected chi connectivity index (χ0v) is 10.6. The Morgan fingerprint density at radius 2 is 1.94 bits per heavy atom. The van der Waals surface area contributed by atoms with Gasteiger partial charge in [0.25, 0.3) is 0 Å². The lowest BCUT2D eigenvalue weighted by atomic mass is 10.00. The Hall–Kier alpha value is -2.23. The predicted molar refractivity (Wildman–Crippen MR) is 68.9 cm³/mol. The van der Waals surface area contributed by atoms with Crippen molar-refractivity contribution in [2.45, 2.75) is 13.8 Å². The number of carbonyl (C=O) groups is 1. The summed E-state index contributed by atoms with van der Waals surface area (Å²) in [6, 6.07) is 5.64. The molecule has 0 aliphatic carbocycles. The van der Waals surface area contributed by atoms with Gasteiger partial charge >= 0.3 is 0 Å². The molecule has 0 aliphatic rings. The van der Waals surface area contributed by atoms with Gasteiger partial charge in [-0.3, -0.25) is 4.79 Å². The third kappa shape index (κ3) is 2.09. The first-order valence-corrected chi connectivity index (χ1v) is 5.60. The molecule has 0 fully saturated rings. The molecule has 0 N–H and O–H groups in total. The molecule has 2 rings (SSSR count). The lowest BCUT2D eigenvalue weighted by Gasteiger charge is -2.12. The van der Waals surface area contributed by atoms with Crippen molar-refractivity contribution in [1.82, 2.24) is 9.97 Å². The maximum absolute atomic E-state index is 10.7. The van der Waals surface area contributed by atoms with E-state index in [1.54, 1.807) is 19.4 Å². The number of methoxy groups -OCH3 is 1. The van der Waals surface area contributed by atoms with Crippen LogP contribution in [0, 0.1) is 13.8 Å². The van der Waals surface area contributed by atoms with E-state index < -0.39 is 0 Å². The quantitative estimate of drug-likeness (QED) is 0.776. The van der Waals surface area contributed by atoms with E-state index in [1.807, 2.05) is 26.0 Å². The van der Waals surface area contributed by atoms with Crippen LogP contribution in [0.4, 0.5) is 0 Å². The van der Waals surface area contributed by atoms with Crippen LogP contribution in [0.5, 0.6) is 5.75 Å². The lowest BCUT2D eigenvalue weighted by molar-refractivity contribution is 0.111. The van der Waals surface area contributed by atoms with Crippen molar-refractivity contribution in [3.63, 3.8) is 0 Å². The van der Waals surface area contributed by atoms with Crippen molar-refractivity contribution in [1.29, 1.82) is 0 Å². The zero-order valence-electron chi connectivity index (χ0n) is 10.6. The summed E-state index contributed by atoms with van der Waals surface area (Å²) >= 11 is 0. The van der Waals surface area contributed by atoms with Crippen LogP contribution in [0.1, 0.15) is 21.7 Å². The Kier molecular flexibility index (Phi) is 3.37. The van der Waals surface area contributed by atoms with Crippen LogP contribution in [0.2, 0.25) is 0 Å². The molecule has 2 aromatic rings. The van der Waals surface area contributed by atoms with Gasteiger partial charge < -0.3 is 4.74 Å². The van der Waals surface area contributed by atoms with Gasteiger partial charge in [-0.2, -0.15) is 0 Å². The van der Waals surface area contributed by atoms with E-state index in [0.29, 0.717) is 6.29 Å². The molecule has 4 heteroatoms. The number of hydrogen-bond donors (Lipinski definition) is 0. The molecule has 92 valence electrons. The molecule has 0 amide bonds. The molecule has 4 nitrogen and oxygen atoms in total. The van der Waals surface area contributed by atoms with E-state index in [4.69, 9.17) is 4.74 Å². The molecule has 1 aromatic carbocycles. The van der Waals surface area contributed by atoms with Crippen molar-refractivity contribution in [3.8, 4) is 17.0 Å². The third-order valence-electron chi connectivity index (χ3n) is 3.01. The molecule has 1 aromatic heterocycles. The molecule has 1 heterocycles. The monoisotopic (exact) mass is 242 g/mol. The largest absolute Gasteiger partial charge is 0.496 e. The minimum Gasteiger partial charge on any atom is -0.496 e. The summed E-state index contributed by atoms with van der Waals surface area (Å²) in [4.78, 5) is 18.8. The SMILES string of the molecule is COc1ccc(-c2ccnc(C=O)n2)c(C)c1C. The number of ether oxygens (including phenoxy) is 1. The maximum Gasteiger partial charge on any atom is 0.193 e. The minimum absolute atomic E-state index is 0.195. The van der Waals surface area contributed by atoms with E-state index in [0.717, 1.165) is 28.1 Å². The van der Waals surface area contributed by atoms with Crippen molar-refractivity contribution in [3.05, 3.63) is 41.3 Å². The van der Waals surface area contributed by atoms with Crippen molar-refractivity contribution in [2.75, 3.05) is 7.11 Å². The van der Waals surface area contributed by atoms with Gasteiger partial charge in [-0.15, -0.1) is 0 Å². The van der Waals surface area contributed by atoms with Crippen molar-refractivity contribution in [2.24, 2.45) is 0 Å². The van der Waals surface area contributed by atoms with Gasteiger partial charge in [-0.05, 0) is 43.2 Å². The summed E-state index contributed by atoms with van der Waals surface area (Å²) in [6.45, 7) is 4.01. The lowest BCUT2D eigenvalue weighted by Crippen LogP contribution is -1.97. The highest BCUT2D eigenvalue weighted by molar-refractivity contribution is 5.72. The topological polar surface area (TPSA) is 52.1 Å². The number of benzene rings is 1. The van der Waals surface area contributed by atoms with Gasteiger partial charge in [0.1, 0.15) is 5.75 Å². The highest BCUT2D eigenvalue weighted by Crippen LogP contribution is 2.29. The summed E-state index contributed by atoms with van der Waals surface area (Å²) in [5.41, 5.74) is 3.89. The number of nitrogens with zero attached hydrogens (tertiary/aromatic N) is 2. The predicted octanol–water partition coefficient (Wildman–Crippen LogP) is 2.58. The second-order valence-corrected chi connectivity index (χ2v) is 3.98. The van der Waals surface area contributed by atoms with Crippen LogP contribution >= 0.6 is 0 Å². The normalized spacial score (nSPS) is 10.2. The first kappa shape index (κ1) is 12.2. The molecule has 0 bridgehead atoms. The van der Waals surface area contributed by atoms with Crippen LogP contribution in [0.3, 0.4) is 0 Å². The van der Waals surface area contributed by atoms with Gasteiger partial charge in [0.15, 0.2) is 12.1 Å². The molecular weight excluding hydrogens is 228 g/mol. The molecule has 18 heavy (non-hydrogen) atoms. The molecule has 0 atom stereocenters. The van der Waals surface area contributed by atoms with Gasteiger partial charge in [0.05, 0.1) is 12.8 Å². The van der Waals surface area contributed by atoms with E-state index in [1.165, 1.54) is 0 Å². The van der Waals surface area contributed by atoms with Gasteiger partial charge in [0.2, 0.25) is 0 Å². The molecule has 0 saturated carbocycles. The number of rotatable bonds is 3. The number of aromatic nitrogens is 2. The fourth-order valence-corrected chi connectivity index (χ4v) is 1.88. The highest BCUT2D eigenvalue weighted by atomic mass is 16.5. The Balaban J connectivity index is 2.57. The van der Waals surface area contributed by atoms with E-state index in [-0.39, 0.29) is 5.82 Å². The summed E-state index contributed by atoms with van der Waals surface area (Å²) < 4.78 is 5.27. The van der Waals surface area contributed by atoms with Gasteiger partial charge in [-0.1, -0.05) is 0 Å². The average molecular weight is 242 g/mol. The van der Waals surface area contributed by atoms with Gasteiger partial charge in [0, 0.05) is 11.8 Å². The second kappa shape index (κ2) is 4.96. The average Bonchev–Trinajstić information content (AvgIpc) is 2.42. The summed E-state index contributed by atoms with van der Waals surface area (Å²) in [7, 11) is 1.65. The number of hydrogen-bond acceptors (Lipinski definition) is 4. The maximum atomic E-state index is 10.7. The Bertz CT molecular complexity index is 594. The van der Waals surface area contributed by atoms with E-state index in [2.05, 4.69) is 9.97 Å². The molecule has 0 unspecified atom stereocenters. The van der Waals surface area contributed by atoms with Gasteiger partial charge in [-0.25, -0.2) is 9.97 Å². The smallest absolute Gasteiger partial charge is 0.193 e. The molecular formula is C14H14N2O2. The van der Waals surface area contributed by atoms with Crippen molar-refractivity contribution < 1.29 is 9.53 Å². The van der Waals surface area contributed by atoms with Crippen LogP contribution < -0.4 is 4.74 Å². The zero-order chi connectivity index (χ0) is 13.1. The van der Waals surface area contributed by atoms with Crippen LogP contribution in [-0.2, 0) is 0 Å². The summed E-state index contributed by atoms with van der Waals surface area (Å²) in [5.74, 6) is 1.04. The first-order valence-electron chi connectivity index (χ1n) is 5.60. The third-order valence-corrected chi connectivity index (χ3v) is 3.01. The van der Waals surface area contributed by atoms with Crippen LogP contribution in [0.25, 0.3) is 11.3 Å². The Morgan fingerprint density at radius 3 is 2.61 bits per heavy atom. The van der Waals surface area contributed by atoms with Crippen LogP contribution in [0.15, 0.2) is 24.4 Å². The molecule has 0 aliphatic heterocycles. The summed E-state index contributed by atoms with van der Waals surface area (Å²) in [6.07, 6.45) is 2.24. The molecule has 0 spiro atoms. The Labute approximate surface area is 106 Å². The minimum atomic E-state index is 0.195. The van der Waals surface area contributed by atoms with E-state index in [9.17, 15) is 4.79 Å². The van der Waals surface area contributed by atoms with Crippen molar-refractivity contribution >= 4 is 6.29 Å². The number of carbonyl (C=O) groups excluding carboxylic acids is 1. The second-order valence-electron chi connectivity index (χ2n) is 3.98. The van der Waals surface area contributed by atoms with E-state index >= 15 is 0 Å². The fraction of sp³-hybridized carbons (Fsp3) is 0.214. The molecule has 0 radical (unpaired) electrons. The first-order chi connectivity index (χ1) is 8.67. The standard InChI is InChI=1S/C14H14N2O2/c1-9-10(2)13(18-3)5-4-11(9)12-6-7-15-14(8-17)16-12/h4-8H,1-3H3. The fourth-order valence-electron chi connectivity index (χ4n) is 1.88. The number of aldehydes is 1. The molecule has 0 saturated heterocycles. The highest BCUT2D eigenvalue weighted by Gasteiger charge is 2.10. The van der Waals surface area contributed by atoms with Crippen LogP contribution in [-0.4, -0.2) is 23.4 Å². The Morgan fingerprint density at radius 1 is 1.17 bits per heavy atom. The summed E-state index contributed by atoms with van der Waals surface area (Å²) in [5, 5.41) is 0.